The van der Waals surface area contributed by atoms with Crippen LogP contribution in [0.1, 0.15) is 41.8 Å². The molecule has 1 saturated carbocycles. The van der Waals surface area contributed by atoms with E-state index in [4.69, 9.17) is 16.3 Å². The van der Waals surface area contributed by atoms with Crippen LogP contribution in [0.4, 0.5) is 0 Å². The van der Waals surface area contributed by atoms with Gasteiger partial charge in [0.2, 0.25) is 5.91 Å². The van der Waals surface area contributed by atoms with E-state index in [1.807, 2.05) is 48.9 Å². The van der Waals surface area contributed by atoms with Gasteiger partial charge in [0.05, 0.1) is 12.2 Å². The van der Waals surface area contributed by atoms with Gasteiger partial charge < -0.3 is 10.1 Å². The normalized spacial score (nSPS) is 14.0. The van der Waals surface area contributed by atoms with Gasteiger partial charge in [0.15, 0.2) is 0 Å². The standard InChI is InChI=1S/C22H28ClN3O2/c1-16-20(10-11-22(27)24-12-5-13-28-15-18-8-9-18)17(2)26(25-16)14-19-6-3-4-7-21(19)23/h3-4,6-7,10-11,18H,5,8-9,12-15H2,1-2H3,(H,24,27)/b11-10+. The van der Waals surface area contributed by atoms with E-state index in [9.17, 15) is 4.79 Å². The third-order valence-electron chi connectivity index (χ3n) is 4.93. The number of amides is 1. The number of halogens is 1. The fraction of sp³-hybridized carbons (Fsp3) is 0.455. The van der Waals surface area contributed by atoms with Gasteiger partial charge in [-0.3, -0.25) is 9.48 Å². The number of nitrogens with zero attached hydrogens (tertiary/aromatic N) is 2. The molecule has 1 amide bonds. The molecular formula is C22H28ClN3O2. The molecule has 1 N–H and O–H groups in total. The average Bonchev–Trinajstić information content (AvgIpc) is 3.45. The van der Waals surface area contributed by atoms with Crippen LogP contribution in [-0.4, -0.2) is 35.4 Å². The van der Waals surface area contributed by atoms with Crippen LogP contribution in [0.5, 0.6) is 0 Å². The third-order valence-corrected chi connectivity index (χ3v) is 5.30. The number of hydrogen-bond acceptors (Lipinski definition) is 3. The summed E-state index contributed by atoms with van der Waals surface area (Å²) < 4.78 is 7.49. The minimum Gasteiger partial charge on any atom is -0.381 e. The first kappa shape index (κ1) is 20.6. The van der Waals surface area contributed by atoms with Crippen molar-refractivity contribution >= 4 is 23.6 Å². The van der Waals surface area contributed by atoms with Crippen molar-refractivity contribution in [3.63, 3.8) is 0 Å². The first-order valence-corrected chi connectivity index (χ1v) is 10.2. The molecule has 2 aromatic rings. The average molecular weight is 402 g/mol. The molecule has 0 aliphatic heterocycles. The van der Waals surface area contributed by atoms with E-state index in [0.717, 1.165) is 46.5 Å². The maximum absolute atomic E-state index is 12.0. The lowest BCUT2D eigenvalue weighted by atomic mass is 10.1. The van der Waals surface area contributed by atoms with Gasteiger partial charge in [-0.2, -0.15) is 5.10 Å². The van der Waals surface area contributed by atoms with Crippen molar-refractivity contribution in [2.24, 2.45) is 5.92 Å². The van der Waals surface area contributed by atoms with Gasteiger partial charge in [0.1, 0.15) is 0 Å². The quantitative estimate of drug-likeness (QED) is 0.480. The highest BCUT2D eigenvalue weighted by atomic mass is 35.5. The molecule has 5 nitrogen and oxygen atoms in total. The van der Waals surface area contributed by atoms with E-state index >= 15 is 0 Å². The zero-order chi connectivity index (χ0) is 19.9. The lowest BCUT2D eigenvalue weighted by molar-refractivity contribution is -0.116. The smallest absolute Gasteiger partial charge is 0.244 e. The first-order chi connectivity index (χ1) is 13.5. The Morgan fingerprint density at radius 1 is 1.36 bits per heavy atom. The summed E-state index contributed by atoms with van der Waals surface area (Å²) in [6.07, 6.45) is 6.84. The number of ether oxygens (including phenoxy) is 1. The van der Waals surface area contributed by atoms with Gasteiger partial charge in [-0.1, -0.05) is 29.8 Å². The third kappa shape index (κ3) is 5.94. The zero-order valence-corrected chi connectivity index (χ0v) is 17.3. The lowest BCUT2D eigenvalue weighted by Crippen LogP contribution is -2.23. The summed E-state index contributed by atoms with van der Waals surface area (Å²) in [5.41, 5.74) is 3.89. The molecule has 1 aliphatic carbocycles. The van der Waals surface area contributed by atoms with E-state index in [1.165, 1.54) is 12.8 Å². The molecule has 150 valence electrons. The van der Waals surface area contributed by atoms with Crippen molar-refractivity contribution in [2.75, 3.05) is 19.8 Å². The molecule has 1 aromatic carbocycles. The maximum Gasteiger partial charge on any atom is 0.244 e. The van der Waals surface area contributed by atoms with Crippen molar-refractivity contribution in [1.82, 2.24) is 15.1 Å². The Kier molecular flexibility index (Phi) is 7.29. The highest BCUT2D eigenvalue weighted by molar-refractivity contribution is 6.31. The van der Waals surface area contributed by atoms with Crippen LogP contribution in [0, 0.1) is 19.8 Å². The summed E-state index contributed by atoms with van der Waals surface area (Å²) in [7, 11) is 0. The molecular weight excluding hydrogens is 374 g/mol. The summed E-state index contributed by atoms with van der Waals surface area (Å²) in [5.74, 6) is 0.683. The van der Waals surface area contributed by atoms with Crippen LogP contribution in [0.3, 0.4) is 0 Å². The van der Waals surface area contributed by atoms with Gasteiger partial charge in [-0.05, 0) is 56.7 Å². The van der Waals surface area contributed by atoms with Gasteiger partial charge in [0.25, 0.3) is 0 Å². The molecule has 1 aliphatic rings. The summed E-state index contributed by atoms with van der Waals surface area (Å²) in [4.78, 5) is 12.0. The molecule has 3 rings (SSSR count). The predicted molar refractivity (Wildman–Crippen MR) is 112 cm³/mol. The fourth-order valence-corrected chi connectivity index (χ4v) is 3.23. The zero-order valence-electron chi connectivity index (χ0n) is 16.6. The number of nitrogens with one attached hydrogen (secondary N) is 1. The van der Waals surface area contributed by atoms with Crippen molar-refractivity contribution in [1.29, 1.82) is 0 Å². The molecule has 0 bridgehead atoms. The summed E-state index contributed by atoms with van der Waals surface area (Å²) in [6.45, 7) is 6.75. The molecule has 0 radical (unpaired) electrons. The van der Waals surface area contributed by atoms with Gasteiger partial charge >= 0.3 is 0 Å². The Labute approximate surface area is 171 Å². The van der Waals surface area contributed by atoms with E-state index in [2.05, 4.69) is 10.4 Å². The largest absolute Gasteiger partial charge is 0.381 e. The number of aromatic nitrogens is 2. The van der Waals surface area contributed by atoms with Crippen molar-refractivity contribution in [3.8, 4) is 0 Å². The molecule has 0 saturated heterocycles. The topological polar surface area (TPSA) is 56.2 Å². The second-order valence-corrected chi connectivity index (χ2v) is 7.74. The molecule has 28 heavy (non-hydrogen) atoms. The van der Waals surface area contributed by atoms with Gasteiger partial charge in [-0.15, -0.1) is 0 Å². The Hall–Kier alpha value is -2.11. The van der Waals surface area contributed by atoms with E-state index in [0.29, 0.717) is 19.7 Å². The molecule has 0 unspecified atom stereocenters. The monoisotopic (exact) mass is 401 g/mol. The molecule has 6 heteroatoms. The number of hydrogen-bond donors (Lipinski definition) is 1. The van der Waals surface area contributed by atoms with Crippen LogP contribution in [0.15, 0.2) is 30.3 Å². The van der Waals surface area contributed by atoms with Crippen LogP contribution in [0.25, 0.3) is 6.08 Å². The molecule has 0 spiro atoms. The Morgan fingerprint density at radius 2 is 2.14 bits per heavy atom. The summed E-state index contributed by atoms with van der Waals surface area (Å²) >= 11 is 6.26. The highest BCUT2D eigenvalue weighted by Gasteiger charge is 2.20. The second kappa shape index (κ2) is 9.89. The molecule has 1 aromatic heterocycles. The van der Waals surface area contributed by atoms with E-state index in [1.54, 1.807) is 6.08 Å². The summed E-state index contributed by atoms with van der Waals surface area (Å²) in [5, 5.41) is 8.23. The Morgan fingerprint density at radius 3 is 2.89 bits per heavy atom. The minimum absolute atomic E-state index is 0.0974. The second-order valence-electron chi connectivity index (χ2n) is 7.33. The molecule has 1 heterocycles. The highest BCUT2D eigenvalue weighted by Crippen LogP contribution is 2.28. The number of carbonyl (C=O) groups excluding carboxylic acids is 1. The Bertz CT molecular complexity index is 840. The van der Waals surface area contributed by atoms with Gasteiger partial charge in [-0.25, -0.2) is 0 Å². The number of aryl methyl sites for hydroxylation is 1. The van der Waals surface area contributed by atoms with Crippen LogP contribution in [-0.2, 0) is 16.1 Å². The van der Waals surface area contributed by atoms with Crippen molar-refractivity contribution in [2.45, 2.75) is 39.7 Å². The SMILES string of the molecule is Cc1nn(Cc2ccccc2Cl)c(C)c1/C=C/C(=O)NCCCOCC1CC1. The first-order valence-electron chi connectivity index (χ1n) is 9.85. The van der Waals surface area contributed by atoms with Crippen molar-refractivity contribution in [3.05, 3.63) is 57.9 Å². The number of carbonyl (C=O) groups is 1. The van der Waals surface area contributed by atoms with Gasteiger partial charge in [0, 0.05) is 42.1 Å². The minimum atomic E-state index is -0.0974. The van der Waals surface area contributed by atoms with E-state index < -0.39 is 0 Å². The van der Waals surface area contributed by atoms with Crippen LogP contribution >= 0.6 is 11.6 Å². The number of rotatable bonds is 10. The predicted octanol–water partition coefficient (Wildman–Crippen LogP) is 4.15. The fourth-order valence-electron chi connectivity index (χ4n) is 3.03. The molecule has 1 fully saturated rings. The molecule has 0 atom stereocenters. The van der Waals surface area contributed by atoms with E-state index in [-0.39, 0.29) is 5.91 Å². The summed E-state index contributed by atoms with van der Waals surface area (Å²) in [6, 6.07) is 7.76. The number of benzene rings is 1. The van der Waals surface area contributed by atoms with Crippen molar-refractivity contribution < 1.29 is 9.53 Å². The van der Waals surface area contributed by atoms with Crippen LogP contribution < -0.4 is 5.32 Å². The lowest BCUT2D eigenvalue weighted by Gasteiger charge is -2.06. The van der Waals surface area contributed by atoms with Crippen LogP contribution in [0.2, 0.25) is 5.02 Å². The maximum atomic E-state index is 12.0. The Balaban J connectivity index is 1.49.